The molecule has 1 aliphatic heterocycles. The van der Waals surface area contributed by atoms with Crippen molar-refractivity contribution in [3.05, 3.63) is 0 Å². The Hall–Kier alpha value is -0.220. The van der Waals surface area contributed by atoms with E-state index in [-0.39, 0.29) is 11.2 Å². The first-order valence-electron chi connectivity index (χ1n) is 6.95. The molecule has 0 aromatic rings. The van der Waals surface area contributed by atoms with Crippen molar-refractivity contribution < 1.29 is 4.79 Å². The Labute approximate surface area is 110 Å². The number of hydrogen-bond donors (Lipinski definition) is 2. The highest BCUT2D eigenvalue weighted by atomic mass is 32.1. The van der Waals surface area contributed by atoms with Crippen LogP contribution in [0.1, 0.15) is 38.5 Å². The van der Waals surface area contributed by atoms with Crippen molar-refractivity contribution in [3.63, 3.8) is 0 Å². The fraction of sp³-hybridized carbons (Fsp3) is 0.923. The molecule has 1 unspecified atom stereocenters. The predicted octanol–water partition coefficient (Wildman–Crippen LogP) is 1.69. The number of nitrogens with zero attached hydrogens (tertiary/aromatic N) is 1. The van der Waals surface area contributed by atoms with Gasteiger partial charge in [-0.1, -0.05) is 32.1 Å². The normalized spacial score (nSPS) is 24.6. The van der Waals surface area contributed by atoms with Crippen LogP contribution in [0.5, 0.6) is 0 Å². The molecule has 1 saturated carbocycles. The summed E-state index contributed by atoms with van der Waals surface area (Å²) in [6, 6.07) is 0. The lowest BCUT2D eigenvalue weighted by atomic mass is 9.86. The van der Waals surface area contributed by atoms with Crippen molar-refractivity contribution in [2.45, 2.75) is 43.8 Å². The van der Waals surface area contributed by atoms with Gasteiger partial charge < -0.3 is 10.2 Å². The Balaban J connectivity index is 1.77. The molecule has 4 heteroatoms. The minimum absolute atomic E-state index is 0.0730. The van der Waals surface area contributed by atoms with Gasteiger partial charge in [0.05, 0.1) is 5.25 Å². The van der Waals surface area contributed by atoms with E-state index in [2.05, 4.69) is 17.9 Å². The lowest BCUT2D eigenvalue weighted by Crippen LogP contribution is -2.49. The van der Waals surface area contributed by atoms with Gasteiger partial charge >= 0.3 is 0 Å². The van der Waals surface area contributed by atoms with Gasteiger partial charge in [0.15, 0.2) is 0 Å². The van der Waals surface area contributed by atoms with Crippen LogP contribution in [0.4, 0.5) is 0 Å². The zero-order valence-electron chi connectivity index (χ0n) is 10.5. The van der Waals surface area contributed by atoms with Crippen LogP contribution >= 0.6 is 12.6 Å². The summed E-state index contributed by atoms with van der Waals surface area (Å²) in [5.74, 6) is 0.985. The quantitative estimate of drug-likeness (QED) is 0.753. The monoisotopic (exact) mass is 256 g/mol. The zero-order valence-corrected chi connectivity index (χ0v) is 11.4. The molecule has 0 bridgehead atoms. The maximum Gasteiger partial charge on any atom is 0.235 e. The molecule has 0 aromatic carbocycles. The van der Waals surface area contributed by atoms with Crippen LogP contribution in [0.25, 0.3) is 0 Å². The third-order valence-corrected chi connectivity index (χ3v) is 4.43. The molecule has 1 saturated heterocycles. The van der Waals surface area contributed by atoms with E-state index < -0.39 is 0 Å². The third-order valence-electron chi connectivity index (χ3n) is 4.00. The summed E-state index contributed by atoms with van der Waals surface area (Å²) >= 11 is 4.53. The van der Waals surface area contributed by atoms with Crippen molar-refractivity contribution in [1.82, 2.24) is 10.2 Å². The van der Waals surface area contributed by atoms with Crippen LogP contribution < -0.4 is 5.32 Å². The number of piperazine rings is 1. The number of carbonyl (C=O) groups excluding carboxylic acids is 1. The average molecular weight is 256 g/mol. The number of hydrogen-bond acceptors (Lipinski definition) is 3. The van der Waals surface area contributed by atoms with E-state index in [0.717, 1.165) is 38.5 Å². The summed E-state index contributed by atoms with van der Waals surface area (Å²) in [5.41, 5.74) is 0. The zero-order chi connectivity index (χ0) is 12.1. The van der Waals surface area contributed by atoms with Crippen LogP contribution in [0.3, 0.4) is 0 Å². The molecule has 1 aliphatic carbocycles. The number of rotatable bonds is 3. The Bertz CT molecular complexity index is 248. The number of nitrogens with one attached hydrogen (secondary N) is 1. The summed E-state index contributed by atoms with van der Waals surface area (Å²) in [6.07, 6.45) is 7.63. The van der Waals surface area contributed by atoms with Gasteiger partial charge in [-0.2, -0.15) is 12.6 Å². The summed E-state index contributed by atoms with van der Waals surface area (Å²) in [5, 5.41) is 3.20. The predicted molar refractivity (Wildman–Crippen MR) is 73.4 cm³/mol. The first-order chi connectivity index (χ1) is 8.27. The molecular weight excluding hydrogens is 232 g/mol. The van der Waals surface area contributed by atoms with Gasteiger partial charge in [0, 0.05) is 26.2 Å². The summed E-state index contributed by atoms with van der Waals surface area (Å²) in [6.45, 7) is 3.55. The fourth-order valence-corrected chi connectivity index (χ4v) is 3.40. The van der Waals surface area contributed by atoms with Gasteiger partial charge in [0.2, 0.25) is 5.91 Å². The lowest BCUT2D eigenvalue weighted by molar-refractivity contribution is -0.131. The van der Waals surface area contributed by atoms with Crippen molar-refractivity contribution >= 4 is 18.5 Å². The van der Waals surface area contributed by atoms with Crippen molar-refractivity contribution in [3.8, 4) is 0 Å². The number of thiol groups is 1. The first kappa shape index (κ1) is 13.2. The van der Waals surface area contributed by atoms with Gasteiger partial charge in [-0.05, 0) is 12.3 Å². The van der Waals surface area contributed by atoms with Gasteiger partial charge in [0.25, 0.3) is 0 Å². The van der Waals surface area contributed by atoms with Crippen LogP contribution in [0.15, 0.2) is 0 Å². The molecule has 0 spiro atoms. The number of carbonyl (C=O) groups is 1. The largest absolute Gasteiger partial charge is 0.339 e. The number of amides is 1. The maximum atomic E-state index is 12.2. The maximum absolute atomic E-state index is 12.2. The lowest BCUT2D eigenvalue weighted by Gasteiger charge is -2.31. The van der Waals surface area contributed by atoms with E-state index in [0.29, 0.717) is 0 Å². The van der Waals surface area contributed by atoms with Gasteiger partial charge in [-0.15, -0.1) is 0 Å². The van der Waals surface area contributed by atoms with Crippen LogP contribution in [0.2, 0.25) is 0 Å². The second-order valence-electron chi connectivity index (χ2n) is 5.33. The highest BCUT2D eigenvalue weighted by Gasteiger charge is 2.25. The van der Waals surface area contributed by atoms with E-state index in [1.807, 2.05) is 4.90 Å². The van der Waals surface area contributed by atoms with Gasteiger partial charge in [0.1, 0.15) is 0 Å². The Morgan fingerprint density at radius 2 is 1.88 bits per heavy atom. The van der Waals surface area contributed by atoms with Crippen LogP contribution in [-0.4, -0.2) is 42.2 Å². The Kier molecular flexibility index (Phi) is 5.16. The van der Waals surface area contributed by atoms with Gasteiger partial charge in [-0.25, -0.2) is 0 Å². The minimum Gasteiger partial charge on any atom is -0.339 e. The summed E-state index contributed by atoms with van der Waals surface area (Å²) < 4.78 is 0. The van der Waals surface area contributed by atoms with E-state index in [1.54, 1.807) is 0 Å². The van der Waals surface area contributed by atoms with Gasteiger partial charge in [-0.3, -0.25) is 4.79 Å². The van der Waals surface area contributed by atoms with Crippen LogP contribution in [-0.2, 0) is 4.79 Å². The minimum atomic E-state index is -0.0730. The SMILES string of the molecule is O=C(C(S)CC1CCCCC1)N1CCNCC1. The first-order valence-corrected chi connectivity index (χ1v) is 7.46. The molecule has 98 valence electrons. The molecule has 3 nitrogen and oxygen atoms in total. The highest BCUT2D eigenvalue weighted by Crippen LogP contribution is 2.29. The molecule has 1 heterocycles. The molecular formula is C13H24N2OS. The molecule has 2 rings (SSSR count). The third kappa shape index (κ3) is 3.88. The molecule has 1 N–H and O–H groups in total. The topological polar surface area (TPSA) is 32.3 Å². The standard InChI is InChI=1S/C13H24N2OS/c16-13(15-8-6-14-7-9-15)12(17)10-11-4-2-1-3-5-11/h11-12,14,17H,1-10H2. The highest BCUT2D eigenvalue weighted by molar-refractivity contribution is 7.81. The van der Waals surface area contributed by atoms with Crippen molar-refractivity contribution in [1.29, 1.82) is 0 Å². The van der Waals surface area contributed by atoms with E-state index in [4.69, 9.17) is 0 Å². The van der Waals surface area contributed by atoms with E-state index in [9.17, 15) is 4.79 Å². The Morgan fingerprint density at radius 3 is 2.53 bits per heavy atom. The molecule has 1 atom stereocenters. The second-order valence-corrected chi connectivity index (χ2v) is 5.95. The fourth-order valence-electron chi connectivity index (χ4n) is 2.94. The smallest absolute Gasteiger partial charge is 0.235 e. The molecule has 17 heavy (non-hydrogen) atoms. The van der Waals surface area contributed by atoms with Crippen LogP contribution in [0, 0.1) is 5.92 Å². The molecule has 0 aromatic heterocycles. The van der Waals surface area contributed by atoms with Crippen molar-refractivity contribution in [2.24, 2.45) is 5.92 Å². The molecule has 0 radical (unpaired) electrons. The Morgan fingerprint density at radius 1 is 1.24 bits per heavy atom. The van der Waals surface area contributed by atoms with E-state index in [1.165, 1.54) is 32.1 Å². The average Bonchev–Trinajstić information content (AvgIpc) is 2.40. The summed E-state index contributed by atoms with van der Waals surface area (Å²) in [7, 11) is 0. The molecule has 1 amide bonds. The summed E-state index contributed by atoms with van der Waals surface area (Å²) in [4.78, 5) is 14.2. The van der Waals surface area contributed by atoms with Crippen molar-refractivity contribution in [2.75, 3.05) is 26.2 Å². The molecule has 2 aliphatic rings. The van der Waals surface area contributed by atoms with E-state index >= 15 is 0 Å². The molecule has 2 fully saturated rings. The second kappa shape index (κ2) is 6.64.